The first-order valence-corrected chi connectivity index (χ1v) is 19.1. The van der Waals surface area contributed by atoms with E-state index in [0.29, 0.717) is 52.2 Å². The number of carboxylic acids is 2. The van der Waals surface area contributed by atoms with Crippen molar-refractivity contribution in [2.24, 2.45) is 5.92 Å². The van der Waals surface area contributed by atoms with Crippen molar-refractivity contribution >= 4 is 74.9 Å². The molecule has 4 aliphatic rings. The van der Waals surface area contributed by atoms with E-state index >= 15 is 4.39 Å². The van der Waals surface area contributed by atoms with Crippen LogP contribution in [0.15, 0.2) is 100 Å². The number of aromatic hydroxyl groups is 1. The Balaban J connectivity index is 0.972. The minimum absolute atomic E-state index is 0.0142. The van der Waals surface area contributed by atoms with Crippen LogP contribution in [0.2, 0.25) is 5.28 Å². The third kappa shape index (κ3) is 7.24. The molecule has 61 heavy (non-hydrogen) atoms. The standard InChI is InChI=1S/C43H30ClF2N7O8/c44-41-48-42(47-22-3-8-26(29(15-22)39(57)58)37-27-9-6-24(54)16-35(27)61-36-17-25(55)7-10-28(36)37)50-43(49-41)52-13-11-51(12-14-52)34-19-33-30(18-32(34)46)38(56)31(40(59)60)20-53(33)23-4-1-21(45)2-5-23/h1-10,15-19,31,54H,11-14,20H2,(H,57,58)(H,59,60)(H,47,48,49,50). The third-order valence-corrected chi connectivity index (χ3v) is 10.9. The van der Waals surface area contributed by atoms with E-state index in [4.69, 9.17) is 16.0 Å². The molecule has 0 amide bonds. The fraction of sp³-hybridized carbons (Fsp3) is 0.140. The van der Waals surface area contributed by atoms with Gasteiger partial charge in [0, 0.05) is 78.3 Å². The van der Waals surface area contributed by atoms with E-state index in [9.17, 15) is 38.9 Å². The van der Waals surface area contributed by atoms with Gasteiger partial charge in [-0.15, -0.1) is 0 Å². The number of anilines is 6. The molecule has 1 fully saturated rings. The Morgan fingerprint density at radius 1 is 0.787 bits per heavy atom. The number of phenolic OH excluding ortho intramolecular Hbond substituents is 1. The molecule has 4 N–H and O–H groups in total. The normalized spacial score (nSPS) is 15.3. The van der Waals surface area contributed by atoms with E-state index in [0.717, 1.165) is 6.07 Å². The number of piperazine rings is 1. The van der Waals surface area contributed by atoms with Crippen LogP contribution in [0.5, 0.6) is 5.75 Å². The number of aromatic carboxylic acids is 1. The molecule has 9 rings (SSSR count). The molecule has 15 nitrogen and oxygen atoms in total. The number of fused-ring (bicyclic) bond motifs is 3. The Hall–Kier alpha value is -7.66. The number of carboxylic acid groups (broad SMARTS) is 2. The van der Waals surface area contributed by atoms with Crippen LogP contribution in [0.1, 0.15) is 20.7 Å². The summed E-state index contributed by atoms with van der Waals surface area (Å²) in [4.78, 5) is 68.4. The SMILES string of the molecule is O=C(O)c1cc(Nc2nc(Cl)nc(N3CCN(c4cc5c(cc4F)C(=O)C(C(=O)O)CN5c4ccc(F)cc4)CC3)n2)ccc1-c1c2ccc(=O)cc-2oc2cc(O)ccc12. The molecule has 1 aromatic heterocycles. The van der Waals surface area contributed by atoms with Crippen molar-refractivity contribution in [3.63, 3.8) is 0 Å². The fourth-order valence-electron chi connectivity index (χ4n) is 7.80. The highest BCUT2D eigenvalue weighted by atomic mass is 35.5. The summed E-state index contributed by atoms with van der Waals surface area (Å²) < 4.78 is 35.5. The van der Waals surface area contributed by atoms with Gasteiger partial charge in [-0.1, -0.05) is 6.07 Å². The number of Topliss-reactive ketones (excluding diaryl/α,β-unsaturated/α-hetero) is 1. The maximum atomic E-state index is 15.8. The topological polar surface area (TPSA) is 203 Å². The second-order valence-corrected chi connectivity index (χ2v) is 14.7. The first-order valence-electron chi connectivity index (χ1n) is 18.7. The van der Waals surface area contributed by atoms with Gasteiger partial charge in [-0.3, -0.25) is 14.4 Å². The average molecular weight is 846 g/mol. The van der Waals surface area contributed by atoms with Crippen LogP contribution >= 0.6 is 11.6 Å². The number of ketones is 1. The second kappa shape index (κ2) is 15.2. The van der Waals surface area contributed by atoms with Gasteiger partial charge in [0.15, 0.2) is 11.2 Å². The summed E-state index contributed by atoms with van der Waals surface area (Å²) in [5, 5.41) is 33.7. The number of aliphatic carboxylic acids is 1. The van der Waals surface area contributed by atoms with E-state index in [-0.39, 0.29) is 76.2 Å². The van der Waals surface area contributed by atoms with Gasteiger partial charge in [-0.05, 0) is 90.0 Å². The lowest BCUT2D eigenvalue weighted by Gasteiger charge is -2.38. The minimum atomic E-state index is -1.45. The zero-order chi connectivity index (χ0) is 42.7. The van der Waals surface area contributed by atoms with Crippen LogP contribution in [-0.2, 0) is 4.79 Å². The summed E-state index contributed by atoms with van der Waals surface area (Å²) >= 11 is 6.36. The van der Waals surface area contributed by atoms with Crippen molar-refractivity contribution in [3.8, 4) is 28.2 Å². The van der Waals surface area contributed by atoms with Gasteiger partial charge in [0.05, 0.1) is 16.9 Å². The molecular weight excluding hydrogens is 816 g/mol. The van der Waals surface area contributed by atoms with Gasteiger partial charge >= 0.3 is 11.9 Å². The zero-order valence-corrected chi connectivity index (χ0v) is 32.2. The highest BCUT2D eigenvalue weighted by molar-refractivity contribution is 6.28. The van der Waals surface area contributed by atoms with Gasteiger partial charge in [-0.25, -0.2) is 13.6 Å². The maximum Gasteiger partial charge on any atom is 0.336 e. The maximum absolute atomic E-state index is 15.8. The largest absolute Gasteiger partial charge is 0.508 e. The van der Waals surface area contributed by atoms with Gasteiger partial charge in [0.2, 0.25) is 17.2 Å². The Morgan fingerprint density at radius 2 is 1.52 bits per heavy atom. The Labute approximate surface area is 348 Å². The van der Waals surface area contributed by atoms with Crippen molar-refractivity contribution in [2.45, 2.75) is 0 Å². The quantitative estimate of drug-likeness (QED) is 0.0883. The van der Waals surface area contributed by atoms with Crippen LogP contribution in [0.25, 0.3) is 33.4 Å². The Kier molecular flexibility index (Phi) is 9.66. The molecular formula is C43H30ClF2N7O8. The lowest BCUT2D eigenvalue weighted by atomic mass is 9.90. The fourth-order valence-corrected chi connectivity index (χ4v) is 7.96. The van der Waals surface area contributed by atoms with Gasteiger partial charge in [0.1, 0.15) is 34.6 Å². The summed E-state index contributed by atoms with van der Waals surface area (Å²) in [5.41, 5.74) is 2.24. The summed E-state index contributed by atoms with van der Waals surface area (Å²) in [7, 11) is 0. The summed E-state index contributed by atoms with van der Waals surface area (Å²) in [6, 6.07) is 21.2. The molecule has 3 aliphatic heterocycles. The molecule has 1 unspecified atom stereocenters. The minimum Gasteiger partial charge on any atom is -0.508 e. The Bertz CT molecular complexity index is 2980. The molecule has 306 valence electrons. The van der Waals surface area contributed by atoms with Crippen LogP contribution < -0.4 is 25.4 Å². The highest BCUT2D eigenvalue weighted by Crippen LogP contribution is 2.43. The van der Waals surface area contributed by atoms with Crippen LogP contribution in [0.4, 0.5) is 43.4 Å². The van der Waals surface area contributed by atoms with E-state index in [1.165, 1.54) is 60.7 Å². The van der Waals surface area contributed by atoms with E-state index in [2.05, 4.69) is 20.3 Å². The van der Waals surface area contributed by atoms with Crippen LogP contribution in [0.3, 0.4) is 0 Å². The molecule has 5 aromatic rings. The molecule has 0 saturated carbocycles. The zero-order valence-electron chi connectivity index (χ0n) is 31.5. The predicted molar refractivity (Wildman–Crippen MR) is 221 cm³/mol. The number of carbonyl (C=O) groups excluding carboxylic acids is 1. The molecule has 0 spiro atoms. The number of nitrogens with zero attached hydrogens (tertiary/aromatic N) is 6. The number of benzene rings is 5. The second-order valence-electron chi connectivity index (χ2n) is 14.4. The molecule has 18 heteroatoms. The van der Waals surface area contributed by atoms with Crippen molar-refractivity contribution in [2.75, 3.05) is 52.7 Å². The number of halogens is 3. The molecule has 1 atom stereocenters. The number of carbonyl (C=O) groups is 3. The highest BCUT2D eigenvalue weighted by Gasteiger charge is 2.39. The first-order chi connectivity index (χ1) is 29.3. The van der Waals surface area contributed by atoms with Crippen molar-refractivity contribution in [1.29, 1.82) is 0 Å². The van der Waals surface area contributed by atoms with Gasteiger partial charge in [-0.2, -0.15) is 15.0 Å². The number of hydrogen-bond acceptors (Lipinski definition) is 13. The summed E-state index contributed by atoms with van der Waals surface area (Å²) in [6.45, 7) is 0.927. The number of rotatable bonds is 8. The lowest BCUT2D eigenvalue weighted by Crippen LogP contribution is -2.47. The van der Waals surface area contributed by atoms with Crippen molar-refractivity contribution in [1.82, 2.24) is 15.0 Å². The van der Waals surface area contributed by atoms with E-state index in [1.54, 1.807) is 34.1 Å². The summed E-state index contributed by atoms with van der Waals surface area (Å²) in [6.07, 6.45) is 0. The van der Waals surface area contributed by atoms with Gasteiger partial charge in [0.25, 0.3) is 0 Å². The number of aromatic nitrogens is 3. The van der Waals surface area contributed by atoms with Crippen LogP contribution in [0, 0.1) is 17.6 Å². The molecule has 0 radical (unpaired) electrons. The van der Waals surface area contributed by atoms with E-state index < -0.39 is 35.3 Å². The third-order valence-electron chi connectivity index (χ3n) is 10.7. The van der Waals surface area contributed by atoms with Crippen molar-refractivity contribution < 1.29 is 42.9 Å². The van der Waals surface area contributed by atoms with Crippen molar-refractivity contribution in [3.05, 3.63) is 129 Å². The number of hydrogen-bond donors (Lipinski definition) is 4. The van der Waals surface area contributed by atoms with Gasteiger partial charge < -0.3 is 39.8 Å². The Morgan fingerprint density at radius 3 is 2.26 bits per heavy atom. The average Bonchev–Trinajstić information content (AvgIpc) is 3.23. The molecule has 1 saturated heterocycles. The van der Waals surface area contributed by atoms with E-state index in [1.807, 2.05) is 4.90 Å². The monoisotopic (exact) mass is 845 g/mol. The van der Waals surface area contributed by atoms with Crippen LogP contribution in [-0.4, -0.2) is 80.7 Å². The molecule has 4 aromatic carbocycles. The molecule has 0 bridgehead atoms. The lowest BCUT2D eigenvalue weighted by molar-refractivity contribution is -0.139. The summed E-state index contributed by atoms with van der Waals surface area (Å²) in [5.74, 6) is -5.64. The predicted octanol–water partition coefficient (Wildman–Crippen LogP) is 7.19. The molecule has 1 aliphatic carbocycles. The number of nitrogens with one attached hydrogen (secondary N) is 1. The number of phenols is 1. The molecule has 4 heterocycles. The first kappa shape index (κ1) is 38.8. The smallest absolute Gasteiger partial charge is 0.336 e.